The molecular formula is C24H29F3O3. The largest absolute Gasteiger partial charge is 0.446 e. The first-order chi connectivity index (χ1) is 14.2. The van der Waals surface area contributed by atoms with Gasteiger partial charge in [0.05, 0.1) is 0 Å². The van der Waals surface area contributed by atoms with Gasteiger partial charge < -0.3 is 9.47 Å². The van der Waals surface area contributed by atoms with Crippen molar-refractivity contribution in [3.05, 3.63) is 35.9 Å². The molecule has 0 aromatic heterocycles. The maximum atomic E-state index is 14.0. The summed E-state index contributed by atoms with van der Waals surface area (Å²) in [5.74, 6) is 8.98. The minimum atomic E-state index is -5.02. The van der Waals surface area contributed by atoms with Crippen LogP contribution >= 0.6 is 0 Å². The molecular weight excluding hydrogens is 393 g/mol. The van der Waals surface area contributed by atoms with Gasteiger partial charge in [0.2, 0.25) is 0 Å². The van der Waals surface area contributed by atoms with E-state index >= 15 is 0 Å². The first kappa shape index (κ1) is 25.6. The van der Waals surface area contributed by atoms with Crippen LogP contribution < -0.4 is 0 Å². The average Bonchev–Trinajstić information content (AvgIpc) is 2.69. The monoisotopic (exact) mass is 422 g/mol. The van der Waals surface area contributed by atoms with Crippen molar-refractivity contribution in [2.24, 2.45) is 5.92 Å². The van der Waals surface area contributed by atoms with Gasteiger partial charge in [-0.15, -0.1) is 0 Å². The maximum absolute atomic E-state index is 14.0. The van der Waals surface area contributed by atoms with Crippen molar-refractivity contribution in [1.29, 1.82) is 0 Å². The molecule has 0 unspecified atom stereocenters. The lowest BCUT2D eigenvalue weighted by molar-refractivity contribution is -0.277. The van der Waals surface area contributed by atoms with Crippen molar-refractivity contribution in [3.63, 3.8) is 0 Å². The second-order valence-corrected chi connectivity index (χ2v) is 7.20. The van der Waals surface area contributed by atoms with E-state index in [1.807, 2.05) is 0 Å². The fraction of sp³-hybridized carbons (Fsp3) is 0.542. The lowest BCUT2D eigenvalue weighted by atomic mass is 9.92. The Hall–Kier alpha value is -2.44. The summed E-state index contributed by atoms with van der Waals surface area (Å²) < 4.78 is 51.8. The zero-order valence-corrected chi connectivity index (χ0v) is 17.9. The van der Waals surface area contributed by atoms with Gasteiger partial charge in [0, 0.05) is 25.0 Å². The van der Waals surface area contributed by atoms with Crippen molar-refractivity contribution < 1.29 is 27.4 Å². The van der Waals surface area contributed by atoms with Crippen molar-refractivity contribution in [2.75, 3.05) is 7.11 Å². The molecule has 6 heteroatoms. The van der Waals surface area contributed by atoms with Crippen LogP contribution in [-0.2, 0) is 19.9 Å². The van der Waals surface area contributed by atoms with E-state index in [9.17, 15) is 18.0 Å². The lowest BCUT2D eigenvalue weighted by Crippen LogP contribution is -2.52. The van der Waals surface area contributed by atoms with Gasteiger partial charge in [-0.1, -0.05) is 76.3 Å². The molecule has 0 saturated heterocycles. The fourth-order valence-corrected chi connectivity index (χ4v) is 2.77. The Morgan fingerprint density at radius 3 is 2.27 bits per heavy atom. The second kappa shape index (κ2) is 12.3. The van der Waals surface area contributed by atoms with Gasteiger partial charge in [-0.05, 0) is 24.2 Å². The molecule has 0 N–H and O–H groups in total. The molecule has 0 aliphatic heterocycles. The number of methoxy groups -OCH3 is 1. The third-order valence-corrected chi connectivity index (χ3v) is 4.53. The van der Waals surface area contributed by atoms with Gasteiger partial charge in [-0.25, -0.2) is 4.79 Å². The van der Waals surface area contributed by atoms with Crippen molar-refractivity contribution in [1.82, 2.24) is 0 Å². The molecule has 1 rings (SSSR count). The highest BCUT2D eigenvalue weighted by atomic mass is 19.4. The maximum Gasteiger partial charge on any atom is 0.432 e. The highest BCUT2D eigenvalue weighted by molar-refractivity contribution is 5.83. The van der Waals surface area contributed by atoms with Crippen molar-refractivity contribution >= 4 is 5.97 Å². The first-order valence-electron chi connectivity index (χ1n) is 10.1. The summed E-state index contributed by atoms with van der Waals surface area (Å²) in [4.78, 5) is 12.7. The minimum absolute atomic E-state index is 0.327. The minimum Gasteiger partial charge on any atom is -0.446 e. The third kappa shape index (κ3) is 6.82. The van der Waals surface area contributed by atoms with Crippen LogP contribution in [0.5, 0.6) is 0 Å². The van der Waals surface area contributed by atoms with Gasteiger partial charge in [0.15, 0.2) is 6.10 Å². The van der Waals surface area contributed by atoms with Crippen molar-refractivity contribution in [2.45, 2.75) is 70.8 Å². The number of carbonyl (C=O) groups excluding carboxylic acids is 1. The number of hydrogen-bond donors (Lipinski definition) is 0. The SMILES string of the molecule is CCCCCCC#CC#C[C@@H](OC(=O)[C@](OC)(c1ccccc1)C(F)(F)F)C(C)C. The molecule has 0 amide bonds. The van der Waals surface area contributed by atoms with E-state index in [2.05, 4.69) is 30.6 Å². The molecule has 0 bridgehead atoms. The van der Waals surface area contributed by atoms with Gasteiger partial charge in [-0.3, -0.25) is 0 Å². The molecule has 3 nitrogen and oxygen atoms in total. The zero-order valence-electron chi connectivity index (χ0n) is 17.9. The molecule has 0 aliphatic rings. The standard InChI is InChI=1S/C24H29F3O3/c1-5-6-7-8-9-10-11-15-18-21(19(2)3)30-22(28)23(29-4,24(25,26)27)20-16-13-12-14-17-20/h12-14,16-17,19,21H,5-9H2,1-4H3/t21-,23-/m1/s1. The number of unbranched alkanes of at least 4 members (excludes halogenated alkanes) is 4. The Bertz CT molecular complexity index is 779. The number of esters is 1. The highest BCUT2D eigenvalue weighted by Crippen LogP contribution is 2.43. The Morgan fingerprint density at radius 1 is 1.07 bits per heavy atom. The van der Waals surface area contributed by atoms with Crippen LogP contribution in [-0.4, -0.2) is 25.4 Å². The number of hydrogen-bond acceptors (Lipinski definition) is 3. The summed E-state index contributed by atoms with van der Waals surface area (Å²) in [5, 5.41) is 0. The number of halogens is 3. The van der Waals surface area contributed by atoms with E-state index in [1.165, 1.54) is 24.3 Å². The average molecular weight is 422 g/mol. The first-order valence-corrected chi connectivity index (χ1v) is 10.1. The van der Waals surface area contributed by atoms with Crippen LogP contribution in [0, 0.1) is 29.6 Å². The molecule has 0 saturated carbocycles. The molecule has 0 fully saturated rings. The van der Waals surface area contributed by atoms with Gasteiger partial charge in [0.25, 0.3) is 5.60 Å². The molecule has 0 heterocycles. The predicted octanol–water partition coefficient (Wildman–Crippen LogP) is 5.64. The van der Waals surface area contributed by atoms with E-state index < -0.39 is 23.9 Å². The van der Waals surface area contributed by atoms with Gasteiger partial charge >= 0.3 is 12.1 Å². The normalized spacial score (nSPS) is 14.0. The van der Waals surface area contributed by atoms with Gasteiger partial charge in [0.1, 0.15) is 0 Å². The molecule has 1 aromatic rings. The molecule has 0 radical (unpaired) electrons. The zero-order chi connectivity index (χ0) is 22.6. The molecule has 0 aliphatic carbocycles. The van der Waals surface area contributed by atoms with Crippen LogP contribution in [0.15, 0.2) is 30.3 Å². The molecule has 164 valence electrons. The van der Waals surface area contributed by atoms with Crippen LogP contribution in [0.3, 0.4) is 0 Å². The fourth-order valence-electron chi connectivity index (χ4n) is 2.77. The van der Waals surface area contributed by atoms with E-state index in [0.717, 1.165) is 32.8 Å². The summed E-state index contributed by atoms with van der Waals surface area (Å²) in [7, 11) is 0.835. The molecule has 2 atom stereocenters. The summed E-state index contributed by atoms with van der Waals surface area (Å²) in [6.07, 6.45) is -1.000. The van der Waals surface area contributed by atoms with E-state index in [-0.39, 0.29) is 11.5 Å². The van der Waals surface area contributed by atoms with Crippen molar-refractivity contribution in [3.8, 4) is 23.7 Å². The van der Waals surface area contributed by atoms with Crippen LogP contribution in [0.4, 0.5) is 13.2 Å². The molecule has 30 heavy (non-hydrogen) atoms. The summed E-state index contributed by atoms with van der Waals surface area (Å²) in [5.41, 5.74) is -3.58. The Morgan fingerprint density at radius 2 is 1.73 bits per heavy atom. The highest BCUT2D eigenvalue weighted by Gasteiger charge is 2.64. The second-order valence-electron chi connectivity index (χ2n) is 7.20. The van der Waals surface area contributed by atoms with E-state index in [0.29, 0.717) is 6.42 Å². The van der Waals surface area contributed by atoms with Crippen LogP contribution in [0.2, 0.25) is 0 Å². The lowest BCUT2D eigenvalue weighted by Gasteiger charge is -2.33. The summed E-state index contributed by atoms with van der Waals surface area (Å²) in [6, 6.07) is 6.71. The van der Waals surface area contributed by atoms with Crippen LogP contribution in [0.1, 0.15) is 58.4 Å². The van der Waals surface area contributed by atoms with Crippen LogP contribution in [0.25, 0.3) is 0 Å². The summed E-state index contributed by atoms with van der Waals surface area (Å²) in [6.45, 7) is 5.53. The van der Waals surface area contributed by atoms with Gasteiger partial charge in [-0.2, -0.15) is 13.2 Å². The summed E-state index contributed by atoms with van der Waals surface area (Å²) >= 11 is 0. The number of rotatable bonds is 9. The number of benzene rings is 1. The van der Waals surface area contributed by atoms with E-state index in [4.69, 9.17) is 9.47 Å². The topological polar surface area (TPSA) is 35.5 Å². The smallest absolute Gasteiger partial charge is 0.432 e. The van der Waals surface area contributed by atoms with E-state index in [1.54, 1.807) is 19.9 Å². The Kier molecular flexibility index (Phi) is 10.5. The molecule has 0 spiro atoms. The Labute approximate surface area is 177 Å². The quantitative estimate of drug-likeness (QED) is 0.294. The Balaban J connectivity index is 3.03. The number of ether oxygens (including phenoxy) is 2. The molecule has 1 aromatic carbocycles. The number of carbonyl (C=O) groups is 1. The predicted molar refractivity (Wildman–Crippen MR) is 110 cm³/mol. The third-order valence-electron chi connectivity index (χ3n) is 4.53. The number of alkyl halides is 3.